The molecule has 0 bridgehead atoms. The Labute approximate surface area is 118 Å². The van der Waals surface area contributed by atoms with Crippen molar-refractivity contribution in [2.45, 2.75) is 38.5 Å². The summed E-state index contributed by atoms with van der Waals surface area (Å²) in [5.74, 6) is -0.535. The van der Waals surface area contributed by atoms with Gasteiger partial charge in [0.25, 0.3) is 0 Å². The molecule has 0 radical (unpaired) electrons. The van der Waals surface area contributed by atoms with Crippen LogP contribution in [0.4, 0.5) is 0 Å². The maximum absolute atomic E-state index is 11.2. The van der Waals surface area contributed by atoms with Crippen molar-refractivity contribution in [2.24, 2.45) is 0 Å². The Morgan fingerprint density at radius 1 is 1.25 bits per heavy atom. The third-order valence-corrected chi connectivity index (χ3v) is 4.01. The van der Waals surface area contributed by atoms with Gasteiger partial charge in [-0.25, -0.2) is 9.48 Å². The zero-order chi connectivity index (χ0) is 14.1. The van der Waals surface area contributed by atoms with Gasteiger partial charge in [0, 0.05) is 11.6 Å². The van der Waals surface area contributed by atoms with Gasteiger partial charge in [-0.3, -0.25) is 0 Å². The van der Waals surface area contributed by atoms with Gasteiger partial charge in [0.15, 0.2) is 5.69 Å². The first-order valence-corrected chi connectivity index (χ1v) is 7.05. The van der Waals surface area contributed by atoms with Crippen molar-refractivity contribution in [2.75, 3.05) is 0 Å². The first-order valence-electron chi connectivity index (χ1n) is 7.05. The van der Waals surface area contributed by atoms with Crippen LogP contribution in [-0.4, -0.2) is 20.9 Å². The summed E-state index contributed by atoms with van der Waals surface area (Å²) in [6, 6.07) is 9.77. The molecule has 0 spiro atoms. The van der Waals surface area contributed by atoms with E-state index in [1.54, 1.807) is 10.7 Å². The van der Waals surface area contributed by atoms with Crippen LogP contribution in [0.15, 0.2) is 30.3 Å². The van der Waals surface area contributed by atoms with E-state index in [0.717, 1.165) is 24.2 Å². The third kappa shape index (κ3) is 2.33. The van der Waals surface area contributed by atoms with Gasteiger partial charge in [-0.05, 0) is 38.0 Å². The minimum absolute atomic E-state index is 0.132. The summed E-state index contributed by atoms with van der Waals surface area (Å²) in [4.78, 5) is 11.2. The highest BCUT2D eigenvalue weighted by molar-refractivity contribution is 5.85. The molecule has 1 aliphatic rings. The summed E-state index contributed by atoms with van der Waals surface area (Å²) in [5.41, 5.74) is 3.28. The van der Waals surface area contributed by atoms with Gasteiger partial charge in [-0.1, -0.05) is 30.5 Å². The van der Waals surface area contributed by atoms with E-state index in [0.29, 0.717) is 5.92 Å². The Morgan fingerprint density at radius 3 is 2.50 bits per heavy atom. The predicted octanol–water partition coefficient (Wildman–Crippen LogP) is 3.54. The van der Waals surface area contributed by atoms with Crippen molar-refractivity contribution in [3.63, 3.8) is 0 Å². The maximum atomic E-state index is 11.2. The highest BCUT2D eigenvalue weighted by Crippen LogP contribution is 2.35. The molecule has 4 heteroatoms. The van der Waals surface area contributed by atoms with Crippen LogP contribution in [0.2, 0.25) is 0 Å². The Kier molecular flexibility index (Phi) is 3.30. The van der Waals surface area contributed by atoms with Crippen molar-refractivity contribution >= 4 is 5.97 Å². The van der Waals surface area contributed by atoms with Gasteiger partial charge in [0.1, 0.15) is 0 Å². The van der Waals surface area contributed by atoms with Crippen LogP contribution in [0.5, 0.6) is 0 Å². The lowest BCUT2D eigenvalue weighted by molar-refractivity contribution is 0.0690. The minimum Gasteiger partial charge on any atom is -0.476 e. The van der Waals surface area contributed by atoms with E-state index >= 15 is 0 Å². The van der Waals surface area contributed by atoms with Crippen molar-refractivity contribution in [1.29, 1.82) is 0 Å². The number of aryl methyl sites for hydroxylation is 1. The highest BCUT2D eigenvalue weighted by atomic mass is 16.4. The lowest BCUT2D eigenvalue weighted by atomic mass is 10.0. The molecule has 2 aromatic rings. The Bertz CT molecular complexity index is 622. The van der Waals surface area contributed by atoms with E-state index in [2.05, 4.69) is 5.10 Å². The van der Waals surface area contributed by atoms with Crippen LogP contribution in [0.3, 0.4) is 0 Å². The molecule has 1 N–H and O–H groups in total. The van der Waals surface area contributed by atoms with Gasteiger partial charge < -0.3 is 5.11 Å². The Hall–Kier alpha value is -2.10. The molecule has 3 rings (SSSR count). The first kappa shape index (κ1) is 12.9. The Morgan fingerprint density at radius 2 is 1.90 bits per heavy atom. The fourth-order valence-corrected chi connectivity index (χ4v) is 2.91. The quantitative estimate of drug-likeness (QED) is 0.928. The van der Waals surface area contributed by atoms with Crippen molar-refractivity contribution < 1.29 is 9.90 Å². The number of carboxylic acid groups (broad SMARTS) is 1. The summed E-state index contributed by atoms with van der Waals surface area (Å²) in [7, 11) is 0. The van der Waals surface area contributed by atoms with E-state index in [-0.39, 0.29) is 5.69 Å². The van der Waals surface area contributed by atoms with Crippen LogP contribution in [0, 0.1) is 6.92 Å². The molecule has 0 unspecified atom stereocenters. The van der Waals surface area contributed by atoms with Crippen molar-refractivity contribution in [3.8, 4) is 5.69 Å². The topological polar surface area (TPSA) is 55.1 Å². The number of benzene rings is 1. The zero-order valence-corrected chi connectivity index (χ0v) is 11.5. The molecule has 104 valence electrons. The molecule has 1 aliphatic carbocycles. The minimum atomic E-state index is -0.963. The molecular formula is C16H18N2O2. The van der Waals surface area contributed by atoms with Gasteiger partial charge in [-0.2, -0.15) is 5.10 Å². The van der Waals surface area contributed by atoms with Crippen molar-refractivity contribution in [3.05, 3.63) is 47.3 Å². The second kappa shape index (κ2) is 5.12. The average molecular weight is 270 g/mol. The average Bonchev–Trinajstić information content (AvgIpc) is 3.08. The number of carboxylic acids is 1. The summed E-state index contributed by atoms with van der Waals surface area (Å²) in [6.45, 7) is 2.04. The molecule has 20 heavy (non-hydrogen) atoms. The van der Waals surface area contributed by atoms with E-state index in [4.69, 9.17) is 0 Å². The second-order valence-electron chi connectivity index (χ2n) is 5.49. The van der Waals surface area contributed by atoms with Gasteiger partial charge >= 0.3 is 5.97 Å². The SMILES string of the molecule is Cc1ccc(-n2nc(C(=O)O)cc2C2CCCC2)cc1. The molecule has 0 atom stereocenters. The molecule has 0 aliphatic heterocycles. The molecule has 4 nitrogen and oxygen atoms in total. The highest BCUT2D eigenvalue weighted by Gasteiger charge is 2.24. The molecule has 1 aromatic heterocycles. The number of aromatic nitrogens is 2. The third-order valence-electron chi connectivity index (χ3n) is 4.01. The summed E-state index contributed by atoms with van der Waals surface area (Å²) in [5, 5.41) is 13.5. The molecule has 1 saturated carbocycles. The standard InChI is InChI=1S/C16H18N2O2/c1-11-6-8-13(9-7-11)18-15(12-4-2-3-5-12)10-14(17-18)16(19)20/h6-10,12H,2-5H2,1H3,(H,19,20). The molecule has 1 aromatic carbocycles. The zero-order valence-electron chi connectivity index (χ0n) is 11.5. The van der Waals surface area contributed by atoms with E-state index < -0.39 is 5.97 Å². The normalized spacial score (nSPS) is 15.7. The smallest absolute Gasteiger partial charge is 0.356 e. The van der Waals surface area contributed by atoms with Gasteiger partial charge in [0.05, 0.1) is 5.69 Å². The summed E-state index contributed by atoms with van der Waals surface area (Å²) < 4.78 is 1.80. The number of hydrogen-bond acceptors (Lipinski definition) is 2. The van der Waals surface area contributed by atoms with Crippen LogP contribution in [0.1, 0.15) is 53.3 Å². The fraction of sp³-hybridized carbons (Fsp3) is 0.375. The van der Waals surface area contributed by atoms with Crippen molar-refractivity contribution in [1.82, 2.24) is 9.78 Å². The monoisotopic (exact) mass is 270 g/mol. The van der Waals surface area contributed by atoms with E-state index in [9.17, 15) is 9.90 Å². The molecule has 1 heterocycles. The molecule has 0 amide bonds. The van der Waals surface area contributed by atoms with Crippen LogP contribution >= 0.6 is 0 Å². The van der Waals surface area contributed by atoms with E-state index in [1.165, 1.54) is 18.4 Å². The fourth-order valence-electron chi connectivity index (χ4n) is 2.91. The number of nitrogens with zero attached hydrogens (tertiary/aromatic N) is 2. The summed E-state index contributed by atoms with van der Waals surface area (Å²) >= 11 is 0. The van der Waals surface area contributed by atoms with Gasteiger partial charge in [0.2, 0.25) is 0 Å². The largest absolute Gasteiger partial charge is 0.476 e. The van der Waals surface area contributed by atoms with Crippen LogP contribution < -0.4 is 0 Å². The lowest BCUT2D eigenvalue weighted by Gasteiger charge is -2.12. The van der Waals surface area contributed by atoms with Gasteiger partial charge in [-0.15, -0.1) is 0 Å². The number of aromatic carboxylic acids is 1. The Balaban J connectivity index is 2.07. The van der Waals surface area contributed by atoms with E-state index in [1.807, 2.05) is 31.2 Å². The molecule has 0 saturated heterocycles. The first-order chi connectivity index (χ1) is 9.65. The van der Waals surface area contributed by atoms with Crippen LogP contribution in [0.25, 0.3) is 5.69 Å². The predicted molar refractivity (Wildman–Crippen MR) is 76.5 cm³/mol. The maximum Gasteiger partial charge on any atom is 0.356 e. The lowest BCUT2D eigenvalue weighted by Crippen LogP contribution is -2.06. The summed E-state index contributed by atoms with van der Waals surface area (Å²) in [6.07, 6.45) is 4.67. The molecule has 1 fully saturated rings. The number of carbonyl (C=O) groups is 1. The van der Waals surface area contributed by atoms with Crippen LogP contribution in [-0.2, 0) is 0 Å². The second-order valence-corrected chi connectivity index (χ2v) is 5.49. The number of hydrogen-bond donors (Lipinski definition) is 1. The molecular weight excluding hydrogens is 252 g/mol. The number of rotatable bonds is 3.